The minimum Gasteiger partial charge on any atom is -0.353 e. The van der Waals surface area contributed by atoms with E-state index in [4.69, 9.17) is 4.74 Å². The molecule has 0 amide bonds. The molecule has 0 aromatic carbocycles. The van der Waals surface area contributed by atoms with Crippen molar-refractivity contribution in [2.75, 3.05) is 6.61 Å². The average Bonchev–Trinajstić information content (AvgIpc) is 1.89. The van der Waals surface area contributed by atoms with Crippen LogP contribution < -0.4 is 0 Å². The Kier molecular flexibility index (Phi) is 7.18. The summed E-state index contributed by atoms with van der Waals surface area (Å²) in [7, 11) is 0. The molecular weight excluding hydrogens is 260 g/mol. The molecule has 0 radical (unpaired) electrons. The topological polar surface area (TPSA) is 9.23 Å². The van der Waals surface area contributed by atoms with Crippen molar-refractivity contribution in [3.05, 3.63) is 0 Å². The Balaban J connectivity index is 3.42. The smallest absolute Gasteiger partial charge is 0.117 e. The lowest BCUT2D eigenvalue weighted by molar-refractivity contribution is 0.134. The van der Waals surface area contributed by atoms with Gasteiger partial charge in [-0.05, 0) is 16.6 Å². The third kappa shape index (κ3) is 6.16. The quantitative estimate of drug-likeness (QED) is 0.695. The van der Waals surface area contributed by atoms with E-state index in [-0.39, 0.29) is 6.10 Å². The van der Waals surface area contributed by atoms with Crippen LogP contribution in [0.25, 0.3) is 0 Å². The van der Waals surface area contributed by atoms with Gasteiger partial charge in [0.2, 0.25) is 0 Å². The van der Waals surface area contributed by atoms with E-state index in [2.05, 4.69) is 53.4 Å². The zero-order valence-electron chi connectivity index (χ0n) is 5.45. The van der Waals surface area contributed by atoms with Crippen molar-refractivity contribution in [3.8, 4) is 21.5 Å². The average molecular weight is 266 g/mol. The van der Waals surface area contributed by atoms with Gasteiger partial charge in [-0.25, -0.2) is 0 Å². The summed E-state index contributed by atoms with van der Waals surface area (Å²) < 4.78 is 5.12. The summed E-state index contributed by atoms with van der Waals surface area (Å²) in [6.07, 6.45) is -0.0623. The van der Waals surface area contributed by atoms with Crippen LogP contribution in [0.2, 0.25) is 0 Å². The van der Waals surface area contributed by atoms with E-state index in [1.54, 1.807) is 0 Å². The SMILES string of the molecule is CC(C#CBr)OCC#CBr. The molecule has 0 spiro atoms. The summed E-state index contributed by atoms with van der Waals surface area (Å²) in [5.41, 5.74) is 0. The lowest BCUT2D eigenvalue weighted by atomic mass is 10.4. The number of hydrogen-bond donors (Lipinski definition) is 0. The highest BCUT2D eigenvalue weighted by molar-refractivity contribution is 9.12. The zero-order valence-corrected chi connectivity index (χ0v) is 8.62. The second-order valence-electron chi connectivity index (χ2n) is 1.46. The zero-order chi connectivity index (χ0) is 7.82. The van der Waals surface area contributed by atoms with E-state index in [0.717, 1.165) is 0 Å². The molecule has 3 heteroatoms. The van der Waals surface area contributed by atoms with Crippen molar-refractivity contribution in [2.45, 2.75) is 13.0 Å². The van der Waals surface area contributed by atoms with Crippen LogP contribution in [0.3, 0.4) is 0 Å². The maximum atomic E-state index is 5.12. The molecule has 0 bridgehead atoms. The van der Waals surface area contributed by atoms with E-state index in [0.29, 0.717) is 6.61 Å². The van der Waals surface area contributed by atoms with Crippen LogP contribution in [0.1, 0.15) is 6.92 Å². The van der Waals surface area contributed by atoms with Gasteiger partial charge in [0.15, 0.2) is 0 Å². The molecule has 0 aliphatic heterocycles. The van der Waals surface area contributed by atoms with Crippen molar-refractivity contribution >= 4 is 31.9 Å². The number of hydrogen-bond acceptors (Lipinski definition) is 1. The van der Waals surface area contributed by atoms with Crippen molar-refractivity contribution in [1.82, 2.24) is 0 Å². The first kappa shape index (κ1) is 10.0. The van der Waals surface area contributed by atoms with E-state index >= 15 is 0 Å². The normalized spacial score (nSPS) is 10.3. The van der Waals surface area contributed by atoms with E-state index in [1.807, 2.05) is 6.92 Å². The van der Waals surface area contributed by atoms with Crippen LogP contribution in [0.15, 0.2) is 0 Å². The minimum absolute atomic E-state index is 0.0623. The van der Waals surface area contributed by atoms with E-state index in [1.165, 1.54) is 0 Å². The minimum atomic E-state index is -0.0623. The maximum absolute atomic E-state index is 5.12. The molecule has 1 unspecified atom stereocenters. The molecular formula is C7H6Br2O. The second kappa shape index (κ2) is 7.15. The predicted molar refractivity (Wildman–Crippen MR) is 48.8 cm³/mol. The van der Waals surface area contributed by atoms with Crippen LogP contribution in [-0.2, 0) is 4.74 Å². The number of ether oxygens (including phenoxy) is 1. The molecule has 0 aliphatic carbocycles. The van der Waals surface area contributed by atoms with Crippen LogP contribution in [0.4, 0.5) is 0 Å². The largest absolute Gasteiger partial charge is 0.353 e. The molecule has 10 heavy (non-hydrogen) atoms. The molecule has 0 fully saturated rings. The van der Waals surface area contributed by atoms with Crippen LogP contribution >= 0.6 is 31.9 Å². The molecule has 0 aromatic heterocycles. The highest BCUT2D eigenvalue weighted by atomic mass is 79.9. The molecule has 0 rings (SSSR count). The Morgan fingerprint density at radius 1 is 1.40 bits per heavy atom. The third-order valence-electron chi connectivity index (χ3n) is 0.730. The van der Waals surface area contributed by atoms with Crippen molar-refractivity contribution in [3.63, 3.8) is 0 Å². The monoisotopic (exact) mass is 264 g/mol. The van der Waals surface area contributed by atoms with Crippen molar-refractivity contribution < 1.29 is 4.74 Å². The Bertz CT molecular complexity index is 191. The Labute approximate surface area is 77.8 Å². The van der Waals surface area contributed by atoms with Crippen LogP contribution in [-0.4, -0.2) is 12.7 Å². The van der Waals surface area contributed by atoms with Gasteiger partial charge in [-0.2, -0.15) is 0 Å². The molecule has 0 saturated carbocycles. The first-order valence-electron chi connectivity index (χ1n) is 2.62. The van der Waals surface area contributed by atoms with Crippen LogP contribution in [0.5, 0.6) is 0 Å². The van der Waals surface area contributed by atoms with E-state index in [9.17, 15) is 0 Å². The van der Waals surface area contributed by atoms with Gasteiger partial charge in [0.1, 0.15) is 12.7 Å². The molecule has 54 valence electrons. The van der Waals surface area contributed by atoms with Crippen molar-refractivity contribution in [2.24, 2.45) is 0 Å². The lowest BCUT2D eigenvalue weighted by Gasteiger charge is -1.99. The standard InChI is InChI=1S/C7H6Br2O/c1-7(3-5-9)10-6-2-4-8/h7H,6H2,1H3. The molecule has 0 N–H and O–H groups in total. The number of rotatable bonds is 2. The van der Waals surface area contributed by atoms with Gasteiger partial charge < -0.3 is 4.74 Å². The van der Waals surface area contributed by atoms with Gasteiger partial charge in [-0.15, -0.1) is 0 Å². The van der Waals surface area contributed by atoms with Crippen molar-refractivity contribution in [1.29, 1.82) is 0 Å². The molecule has 0 aromatic rings. The Hall–Kier alpha value is 0.0400. The van der Waals surface area contributed by atoms with E-state index < -0.39 is 0 Å². The van der Waals surface area contributed by atoms with Crippen LogP contribution in [0, 0.1) is 21.5 Å². The van der Waals surface area contributed by atoms with Gasteiger partial charge in [-0.3, -0.25) is 0 Å². The molecule has 0 heterocycles. The molecule has 1 atom stereocenters. The second-order valence-corrected chi connectivity index (χ2v) is 2.26. The fraction of sp³-hybridized carbons (Fsp3) is 0.429. The number of halogens is 2. The highest BCUT2D eigenvalue weighted by Crippen LogP contribution is 1.87. The first-order valence-corrected chi connectivity index (χ1v) is 4.21. The summed E-state index contributed by atoms with van der Waals surface area (Å²) >= 11 is 5.92. The molecule has 0 saturated heterocycles. The lowest BCUT2D eigenvalue weighted by Crippen LogP contribution is -2.04. The maximum Gasteiger partial charge on any atom is 0.117 e. The Morgan fingerprint density at radius 2 is 2.10 bits per heavy atom. The third-order valence-corrected chi connectivity index (χ3v) is 1.24. The Morgan fingerprint density at radius 3 is 2.60 bits per heavy atom. The summed E-state index contributed by atoms with van der Waals surface area (Å²) in [5.74, 6) is 5.46. The molecule has 0 aliphatic rings. The first-order chi connectivity index (χ1) is 4.81. The predicted octanol–water partition coefficient (Wildman–Crippen LogP) is 2.10. The summed E-state index contributed by atoms with van der Waals surface area (Å²) in [4.78, 5) is 5.11. The highest BCUT2D eigenvalue weighted by Gasteiger charge is 1.91. The summed E-state index contributed by atoms with van der Waals surface area (Å²) in [5, 5.41) is 0. The fourth-order valence-corrected chi connectivity index (χ4v) is 0.749. The van der Waals surface area contributed by atoms with Gasteiger partial charge in [-0.1, -0.05) is 11.8 Å². The van der Waals surface area contributed by atoms with Gasteiger partial charge in [0, 0.05) is 31.9 Å². The fourth-order valence-electron chi connectivity index (χ4n) is 0.312. The summed E-state index contributed by atoms with van der Waals surface area (Å²) in [6.45, 7) is 2.28. The van der Waals surface area contributed by atoms with Gasteiger partial charge in [0.25, 0.3) is 0 Å². The van der Waals surface area contributed by atoms with Gasteiger partial charge >= 0.3 is 0 Å². The molecule has 1 nitrogen and oxygen atoms in total. The summed E-state index contributed by atoms with van der Waals surface area (Å²) in [6, 6.07) is 0. The van der Waals surface area contributed by atoms with Gasteiger partial charge in [0.05, 0.1) is 0 Å².